The van der Waals surface area contributed by atoms with Gasteiger partial charge in [0.05, 0.1) is 24.0 Å². The molecule has 1 aliphatic heterocycles. The van der Waals surface area contributed by atoms with E-state index in [9.17, 15) is 0 Å². The Morgan fingerprint density at radius 2 is 2.16 bits per heavy atom. The van der Waals surface area contributed by atoms with Gasteiger partial charge in [0.1, 0.15) is 0 Å². The number of hydrogen-bond donors (Lipinski definition) is 1. The van der Waals surface area contributed by atoms with Crippen LogP contribution in [0.5, 0.6) is 0 Å². The highest BCUT2D eigenvalue weighted by atomic mass is 32.2. The van der Waals surface area contributed by atoms with E-state index in [1.807, 2.05) is 30.1 Å². The van der Waals surface area contributed by atoms with Gasteiger partial charge in [0.25, 0.3) is 0 Å². The normalized spacial score (nSPS) is 18.4. The van der Waals surface area contributed by atoms with Crippen LogP contribution in [-0.2, 0) is 13.6 Å². The summed E-state index contributed by atoms with van der Waals surface area (Å²) in [5.74, 6) is 0. The van der Waals surface area contributed by atoms with Crippen molar-refractivity contribution in [1.82, 2.24) is 15.1 Å². The van der Waals surface area contributed by atoms with E-state index in [-0.39, 0.29) is 0 Å². The minimum atomic E-state index is 0.437. The molecule has 1 aromatic carbocycles. The van der Waals surface area contributed by atoms with Gasteiger partial charge in [-0.1, -0.05) is 42.1 Å². The van der Waals surface area contributed by atoms with Crippen LogP contribution < -0.4 is 5.32 Å². The fourth-order valence-electron chi connectivity index (χ4n) is 2.04. The molecule has 0 saturated heterocycles. The maximum Gasteiger partial charge on any atom is 0.157 e. The summed E-state index contributed by atoms with van der Waals surface area (Å²) in [7, 11) is 1.93. The second-order valence-electron chi connectivity index (χ2n) is 4.50. The molecule has 1 N–H and O–H groups in total. The lowest BCUT2D eigenvalue weighted by atomic mass is 10.1. The van der Waals surface area contributed by atoms with Gasteiger partial charge >= 0.3 is 0 Å². The number of thioether (sulfide) groups is 1. The van der Waals surface area contributed by atoms with Crippen LogP contribution in [0.3, 0.4) is 0 Å². The summed E-state index contributed by atoms with van der Waals surface area (Å²) in [5.41, 5.74) is 2.37. The van der Waals surface area contributed by atoms with Crippen LogP contribution >= 0.6 is 11.8 Å². The first-order chi connectivity index (χ1) is 9.31. The Hall–Kier alpha value is -1.75. The number of amidine groups is 1. The van der Waals surface area contributed by atoms with Crippen molar-refractivity contribution < 1.29 is 0 Å². The number of nitrogens with zero attached hydrogens (tertiary/aromatic N) is 3. The number of nitrogens with one attached hydrogen (secondary N) is 1. The third-order valence-electron chi connectivity index (χ3n) is 3.02. The van der Waals surface area contributed by atoms with Gasteiger partial charge in [-0.05, 0) is 11.6 Å². The molecule has 0 saturated carbocycles. The second-order valence-corrected chi connectivity index (χ2v) is 5.69. The maximum atomic E-state index is 4.55. The zero-order chi connectivity index (χ0) is 13.1. The molecule has 1 atom stereocenters. The number of hydrogen-bond acceptors (Lipinski definition) is 4. The highest BCUT2D eigenvalue weighted by Gasteiger charge is 2.20. The van der Waals surface area contributed by atoms with Gasteiger partial charge in [-0.3, -0.25) is 9.67 Å². The molecule has 2 aromatic rings. The number of aromatic nitrogens is 2. The highest BCUT2D eigenvalue weighted by Crippen LogP contribution is 2.34. The predicted octanol–water partition coefficient (Wildman–Crippen LogP) is 2.35. The summed E-state index contributed by atoms with van der Waals surface area (Å²) >= 11 is 1.79. The van der Waals surface area contributed by atoms with Crippen LogP contribution in [0.1, 0.15) is 16.5 Å². The summed E-state index contributed by atoms with van der Waals surface area (Å²) in [6, 6.07) is 12.5. The molecule has 1 unspecified atom stereocenters. The zero-order valence-corrected chi connectivity index (χ0v) is 11.6. The van der Waals surface area contributed by atoms with Crippen molar-refractivity contribution in [1.29, 1.82) is 0 Å². The van der Waals surface area contributed by atoms with Crippen LogP contribution in [0, 0.1) is 0 Å². The molecule has 1 aromatic heterocycles. The highest BCUT2D eigenvalue weighted by molar-refractivity contribution is 8.14. The Bertz CT molecular complexity index is 576. The molecule has 19 heavy (non-hydrogen) atoms. The van der Waals surface area contributed by atoms with Crippen LogP contribution in [0.25, 0.3) is 0 Å². The van der Waals surface area contributed by atoms with Crippen LogP contribution in [-0.4, -0.2) is 21.5 Å². The van der Waals surface area contributed by atoms with Crippen molar-refractivity contribution in [3.63, 3.8) is 0 Å². The van der Waals surface area contributed by atoms with Gasteiger partial charge in [-0.2, -0.15) is 5.10 Å². The largest absolute Gasteiger partial charge is 0.359 e. The first-order valence-corrected chi connectivity index (χ1v) is 7.18. The standard InChI is InChI=1S/C14H16N4S/c1-18-8-7-12(17-18)9-15-14-16-10-13(19-14)11-5-3-2-4-6-11/h2-8,13H,9-10H2,1H3,(H,15,16). The SMILES string of the molecule is Cn1ccc(CNC2=NCC(c3ccccc3)S2)n1. The van der Waals surface area contributed by atoms with E-state index in [1.165, 1.54) is 5.56 Å². The van der Waals surface area contributed by atoms with Crippen molar-refractivity contribution >= 4 is 16.9 Å². The lowest BCUT2D eigenvalue weighted by Gasteiger charge is -2.08. The molecular formula is C14H16N4S. The minimum Gasteiger partial charge on any atom is -0.359 e. The summed E-state index contributed by atoms with van der Waals surface area (Å²) in [6.07, 6.45) is 1.95. The summed E-state index contributed by atoms with van der Waals surface area (Å²) in [6.45, 7) is 1.58. The van der Waals surface area contributed by atoms with E-state index < -0.39 is 0 Å². The second kappa shape index (κ2) is 5.48. The minimum absolute atomic E-state index is 0.437. The molecule has 2 heterocycles. The van der Waals surface area contributed by atoms with E-state index in [0.29, 0.717) is 5.25 Å². The Kier molecular flexibility index (Phi) is 3.55. The first-order valence-electron chi connectivity index (χ1n) is 6.30. The molecule has 98 valence electrons. The number of rotatable bonds is 3. The maximum absolute atomic E-state index is 4.55. The fourth-order valence-corrected chi connectivity index (χ4v) is 3.05. The monoisotopic (exact) mass is 272 g/mol. The van der Waals surface area contributed by atoms with Crippen LogP contribution in [0.2, 0.25) is 0 Å². The first kappa shape index (κ1) is 12.3. The molecule has 4 nitrogen and oxygen atoms in total. The Morgan fingerprint density at radius 1 is 1.32 bits per heavy atom. The molecule has 0 aliphatic carbocycles. The Labute approximate surface area is 116 Å². The molecule has 0 amide bonds. The lowest BCUT2D eigenvalue weighted by Crippen LogP contribution is -2.18. The van der Waals surface area contributed by atoms with E-state index in [0.717, 1.165) is 24.0 Å². The molecular weight excluding hydrogens is 256 g/mol. The third-order valence-corrected chi connectivity index (χ3v) is 4.22. The number of benzene rings is 1. The number of aliphatic imine (C=N–C) groups is 1. The van der Waals surface area contributed by atoms with Crippen molar-refractivity contribution in [3.05, 3.63) is 53.9 Å². The molecule has 3 rings (SSSR count). The topological polar surface area (TPSA) is 42.2 Å². The molecule has 0 fully saturated rings. The molecule has 5 heteroatoms. The van der Waals surface area contributed by atoms with Gasteiger partial charge in [0, 0.05) is 13.2 Å². The molecule has 0 spiro atoms. The van der Waals surface area contributed by atoms with Crippen molar-refractivity contribution in [2.24, 2.45) is 12.0 Å². The predicted molar refractivity (Wildman–Crippen MR) is 79.1 cm³/mol. The quantitative estimate of drug-likeness (QED) is 0.932. The smallest absolute Gasteiger partial charge is 0.157 e. The van der Waals surface area contributed by atoms with Crippen molar-refractivity contribution in [2.45, 2.75) is 11.8 Å². The van der Waals surface area contributed by atoms with Crippen molar-refractivity contribution in [2.75, 3.05) is 6.54 Å². The Morgan fingerprint density at radius 3 is 2.89 bits per heavy atom. The van der Waals surface area contributed by atoms with Gasteiger partial charge in [0.2, 0.25) is 0 Å². The van der Waals surface area contributed by atoms with Gasteiger partial charge in [-0.15, -0.1) is 0 Å². The molecule has 0 bridgehead atoms. The Balaban J connectivity index is 1.54. The summed E-state index contributed by atoms with van der Waals surface area (Å²) in [4.78, 5) is 4.55. The molecule has 1 aliphatic rings. The average molecular weight is 272 g/mol. The van der Waals surface area contributed by atoms with Crippen molar-refractivity contribution in [3.8, 4) is 0 Å². The van der Waals surface area contributed by atoms with Crippen LogP contribution in [0.4, 0.5) is 0 Å². The average Bonchev–Trinajstić information content (AvgIpc) is 3.06. The zero-order valence-electron chi connectivity index (χ0n) is 10.8. The van der Waals surface area contributed by atoms with E-state index in [4.69, 9.17) is 0 Å². The van der Waals surface area contributed by atoms with Crippen LogP contribution in [0.15, 0.2) is 47.6 Å². The van der Waals surface area contributed by atoms with Gasteiger partial charge < -0.3 is 5.32 Å². The lowest BCUT2D eigenvalue weighted by molar-refractivity contribution is 0.731. The molecule has 0 radical (unpaired) electrons. The summed E-state index contributed by atoms with van der Waals surface area (Å²) in [5, 5.41) is 9.14. The van der Waals surface area contributed by atoms with E-state index in [1.54, 1.807) is 11.8 Å². The fraction of sp³-hybridized carbons (Fsp3) is 0.286. The third kappa shape index (κ3) is 2.98. The van der Waals surface area contributed by atoms with Gasteiger partial charge in [-0.25, -0.2) is 0 Å². The summed E-state index contributed by atoms with van der Waals surface area (Å²) < 4.78 is 1.81. The van der Waals surface area contributed by atoms with E-state index in [2.05, 4.69) is 39.7 Å². The number of aryl methyl sites for hydroxylation is 1. The van der Waals surface area contributed by atoms with E-state index >= 15 is 0 Å². The van der Waals surface area contributed by atoms with Gasteiger partial charge in [0.15, 0.2) is 5.17 Å².